The lowest BCUT2D eigenvalue weighted by molar-refractivity contribution is -0.149. The fraction of sp³-hybridized carbons (Fsp3) is 0.455. The van der Waals surface area contributed by atoms with Gasteiger partial charge < -0.3 is 10.4 Å². The minimum Gasteiger partial charge on any atom is -0.480 e. The molecule has 1 aromatic heterocycles. The van der Waals surface area contributed by atoms with E-state index in [0.29, 0.717) is 24.4 Å². The van der Waals surface area contributed by atoms with Gasteiger partial charge in [0.2, 0.25) is 5.91 Å². The molecule has 0 unspecified atom stereocenters. The van der Waals surface area contributed by atoms with Crippen molar-refractivity contribution in [2.45, 2.75) is 26.3 Å². The Bertz CT molecular complexity index is 469. The van der Waals surface area contributed by atoms with Gasteiger partial charge in [-0.1, -0.05) is 0 Å². The molecule has 90 valence electrons. The molecule has 6 nitrogen and oxygen atoms in total. The largest absolute Gasteiger partial charge is 0.480 e. The number of aryl methyl sites for hydroxylation is 1. The van der Waals surface area contributed by atoms with Crippen LogP contribution in [0.5, 0.6) is 0 Å². The van der Waals surface area contributed by atoms with Crippen LogP contribution in [0.3, 0.4) is 0 Å². The Labute approximate surface area is 98.1 Å². The zero-order valence-electron chi connectivity index (χ0n) is 9.43. The average Bonchev–Trinajstić information content (AvgIpc) is 3.07. The Morgan fingerprint density at radius 3 is 2.76 bits per heavy atom. The number of carboxylic acids is 1. The van der Waals surface area contributed by atoms with Crippen LogP contribution in [-0.2, 0) is 16.1 Å². The second-order valence-electron chi connectivity index (χ2n) is 4.17. The number of hydrogen-bond donors (Lipinski definition) is 2. The maximum Gasteiger partial charge on any atom is 0.319 e. The van der Waals surface area contributed by atoms with E-state index in [2.05, 4.69) is 15.3 Å². The van der Waals surface area contributed by atoms with Crippen LogP contribution in [0.1, 0.15) is 24.4 Å². The fourth-order valence-electron chi connectivity index (χ4n) is 1.61. The molecule has 0 aliphatic heterocycles. The molecule has 1 amide bonds. The summed E-state index contributed by atoms with van der Waals surface area (Å²) in [6, 6.07) is 1.69. The molecular formula is C11H13N3O3. The Balaban J connectivity index is 1.95. The predicted molar refractivity (Wildman–Crippen MR) is 57.9 cm³/mol. The summed E-state index contributed by atoms with van der Waals surface area (Å²) in [5.74, 6) is -0.855. The molecule has 2 N–H and O–H groups in total. The van der Waals surface area contributed by atoms with Crippen molar-refractivity contribution in [2.24, 2.45) is 5.41 Å². The summed E-state index contributed by atoms with van der Waals surface area (Å²) in [5.41, 5.74) is -0.519. The topological polar surface area (TPSA) is 92.2 Å². The van der Waals surface area contributed by atoms with Crippen LogP contribution in [-0.4, -0.2) is 27.0 Å². The van der Waals surface area contributed by atoms with E-state index in [1.807, 2.05) is 0 Å². The van der Waals surface area contributed by atoms with Gasteiger partial charge in [0, 0.05) is 6.20 Å². The Morgan fingerprint density at radius 1 is 1.53 bits per heavy atom. The number of nitrogens with one attached hydrogen (secondary N) is 1. The zero-order valence-corrected chi connectivity index (χ0v) is 9.43. The van der Waals surface area contributed by atoms with Crippen molar-refractivity contribution in [3.63, 3.8) is 0 Å². The van der Waals surface area contributed by atoms with Crippen LogP contribution in [0.25, 0.3) is 0 Å². The molecule has 0 radical (unpaired) electrons. The third-order valence-electron chi connectivity index (χ3n) is 2.86. The molecule has 2 rings (SSSR count). The lowest BCUT2D eigenvalue weighted by Crippen LogP contribution is -2.36. The van der Waals surface area contributed by atoms with Gasteiger partial charge in [0.15, 0.2) is 0 Å². The SMILES string of the molecule is Cc1nccc(CNC(=O)C2(C(=O)O)CC2)n1. The van der Waals surface area contributed by atoms with E-state index in [9.17, 15) is 9.59 Å². The number of aromatic nitrogens is 2. The van der Waals surface area contributed by atoms with Gasteiger partial charge in [0.1, 0.15) is 11.2 Å². The summed E-state index contributed by atoms with van der Waals surface area (Å²) < 4.78 is 0. The van der Waals surface area contributed by atoms with Crippen molar-refractivity contribution < 1.29 is 14.7 Å². The van der Waals surface area contributed by atoms with Crippen molar-refractivity contribution in [3.8, 4) is 0 Å². The summed E-state index contributed by atoms with van der Waals surface area (Å²) in [6.07, 6.45) is 2.43. The first-order valence-corrected chi connectivity index (χ1v) is 5.35. The molecule has 1 saturated carbocycles. The number of aliphatic carboxylic acids is 1. The number of carbonyl (C=O) groups excluding carboxylic acids is 1. The first kappa shape index (κ1) is 11.5. The van der Waals surface area contributed by atoms with Gasteiger partial charge in [0.25, 0.3) is 0 Å². The normalized spacial score (nSPS) is 16.3. The minimum absolute atomic E-state index is 0.233. The summed E-state index contributed by atoms with van der Waals surface area (Å²) in [6.45, 7) is 1.99. The maximum absolute atomic E-state index is 11.7. The van der Waals surface area contributed by atoms with Crippen LogP contribution in [0, 0.1) is 12.3 Å². The highest BCUT2D eigenvalue weighted by Crippen LogP contribution is 2.46. The van der Waals surface area contributed by atoms with Crippen LogP contribution in [0.2, 0.25) is 0 Å². The van der Waals surface area contributed by atoms with Crippen LogP contribution in [0.4, 0.5) is 0 Å². The van der Waals surface area contributed by atoms with Crippen LogP contribution < -0.4 is 5.32 Å². The smallest absolute Gasteiger partial charge is 0.319 e. The lowest BCUT2D eigenvalue weighted by atomic mass is 10.1. The summed E-state index contributed by atoms with van der Waals surface area (Å²) in [5, 5.41) is 11.5. The summed E-state index contributed by atoms with van der Waals surface area (Å²) in [7, 11) is 0. The van der Waals surface area contributed by atoms with E-state index < -0.39 is 17.3 Å². The highest BCUT2D eigenvalue weighted by Gasteiger charge is 2.56. The molecule has 6 heteroatoms. The quantitative estimate of drug-likeness (QED) is 0.730. The maximum atomic E-state index is 11.7. The van der Waals surface area contributed by atoms with Gasteiger partial charge in [-0.25, -0.2) is 9.97 Å². The molecule has 1 heterocycles. The number of carbonyl (C=O) groups is 2. The Kier molecular flexibility index (Phi) is 2.79. The molecule has 1 aromatic rings. The fourth-order valence-corrected chi connectivity index (χ4v) is 1.61. The highest BCUT2D eigenvalue weighted by atomic mass is 16.4. The van der Waals surface area contributed by atoms with Gasteiger partial charge >= 0.3 is 5.97 Å². The third kappa shape index (κ3) is 2.25. The van der Waals surface area contributed by atoms with Gasteiger partial charge in [-0.05, 0) is 25.8 Å². The average molecular weight is 235 g/mol. The number of nitrogens with zero attached hydrogens (tertiary/aromatic N) is 2. The lowest BCUT2D eigenvalue weighted by Gasteiger charge is -2.10. The molecule has 0 spiro atoms. The summed E-state index contributed by atoms with van der Waals surface area (Å²) >= 11 is 0. The van der Waals surface area contributed by atoms with Crippen LogP contribution >= 0.6 is 0 Å². The van der Waals surface area contributed by atoms with Gasteiger partial charge in [0.05, 0.1) is 12.2 Å². The number of hydrogen-bond acceptors (Lipinski definition) is 4. The predicted octanol–water partition coefficient (Wildman–Crippen LogP) is 0.266. The van der Waals surface area contributed by atoms with Crippen molar-refractivity contribution in [3.05, 3.63) is 23.8 Å². The summed E-state index contributed by atoms with van der Waals surface area (Å²) in [4.78, 5) is 30.7. The molecule has 0 saturated heterocycles. The number of carboxylic acid groups (broad SMARTS) is 1. The molecule has 0 atom stereocenters. The molecule has 17 heavy (non-hydrogen) atoms. The first-order valence-electron chi connectivity index (χ1n) is 5.35. The van der Waals surface area contributed by atoms with E-state index in [0.717, 1.165) is 0 Å². The number of rotatable bonds is 4. The molecule has 1 aliphatic carbocycles. The van der Waals surface area contributed by atoms with E-state index in [1.165, 1.54) is 0 Å². The van der Waals surface area contributed by atoms with E-state index in [4.69, 9.17) is 5.11 Å². The van der Waals surface area contributed by atoms with E-state index in [-0.39, 0.29) is 6.54 Å². The van der Waals surface area contributed by atoms with E-state index >= 15 is 0 Å². The highest BCUT2D eigenvalue weighted by molar-refractivity contribution is 6.04. The number of amides is 1. The second kappa shape index (κ2) is 4.12. The molecule has 1 fully saturated rings. The molecule has 0 aromatic carbocycles. The van der Waals surface area contributed by atoms with Crippen molar-refractivity contribution in [1.29, 1.82) is 0 Å². The van der Waals surface area contributed by atoms with Crippen molar-refractivity contribution >= 4 is 11.9 Å². The molecule has 0 bridgehead atoms. The van der Waals surface area contributed by atoms with Gasteiger partial charge in [-0.2, -0.15) is 0 Å². The van der Waals surface area contributed by atoms with E-state index in [1.54, 1.807) is 19.2 Å². The van der Waals surface area contributed by atoms with Crippen LogP contribution in [0.15, 0.2) is 12.3 Å². The monoisotopic (exact) mass is 235 g/mol. The van der Waals surface area contributed by atoms with Gasteiger partial charge in [-0.3, -0.25) is 9.59 Å². The second-order valence-corrected chi connectivity index (χ2v) is 4.17. The van der Waals surface area contributed by atoms with Crippen molar-refractivity contribution in [2.75, 3.05) is 0 Å². The zero-order chi connectivity index (χ0) is 12.5. The minimum atomic E-state index is -1.19. The van der Waals surface area contributed by atoms with Crippen molar-refractivity contribution in [1.82, 2.24) is 15.3 Å². The van der Waals surface area contributed by atoms with Gasteiger partial charge in [-0.15, -0.1) is 0 Å². The third-order valence-corrected chi connectivity index (χ3v) is 2.86. The standard InChI is InChI=1S/C11H13N3O3/c1-7-12-5-2-8(14-7)6-13-9(15)11(3-4-11)10(16)17/h2,5H,3-4,6H2,1H3,(H,13,15)(H,16,17). The first-order chi connectivity index (χ1) is 8.04. The molecular weight excluding hydrogens is 222 g/mol. The molecule has 1 aliphatic rings. The Morgan fingerprint density at radius 2 is 2.24 bits per heavy atom. The Hall–Kier alpha value is -1.98.